The summed E-state index contributed by atoms with van der Waals surface area (Å²) in [4.78, 5) is 10.7. The first kappa shape index (κ1) is 23.8. The lowest BCUT2D eigenvalue weighted by atomic mass is 9.92. The van der Waals surface area contributed by atoms with Crippen LogP contribution in [-0.4, -0.2) is 39.0 Å². The van der Waals surface area contributed by atoms with Gasteiger partial charge in [0.1, 0.15) is 11.9 Å². The lowest BCUT2D eigenvalue weighted by Crippen LogP contribution is -2.32. The van der Waals surface area contributed by atoms with Crippen LogP contribution in [0.25, 0.3) is 11.1 Å². The third-order valence-corrected chi connectivity index (χ3v) is 6.44. The number of aliphatic carboxylic acids is 1. The first-order chi connectivity index (χ1) is 13.9. The van der Waals surface area contributed by atoms with Crippen molar-refractivity contribution in [1.82, 2.24) is 0 Å². The van der Waals surface area contributed by atoms with E-state index < -0.39 is 57.6 Å². The third kappa shape index (κ3) is 6.81. The van der Waals surface area contributed by atoms with Crippen LogP contribution in [0.1, 0.15) is 24.3 Å². The molecule has 2 aromatic carbocycles. The number of nitrogens with one attached hydrogen (secondary N) is 1. The average molecular weight is 446 g/mol. The van der Waals surface area contributed by atoms with Gasteiger partial charge in [0.05, 0.1) is 5.92 Å². The highest BCUT2D eigenvalue weighted by Gasteiger charge is 2.40. The molecule has 0 saturated heterocycles. The van der Waals surface area contributed by atoms with Crippen molar-refractivity contribution in [1.29, 1.82) is 4.78 Å². The van der Waals surface area contributed by atoms with Crippen molar-refractivity contribution in [3.63, 3.8) is 0 Å². The van der Waals surface area contributed by atoms with E-state index >= 15 is 0 Å². The molecule has 5 nitrogen and oxygen atoms in total. The highest BCUT2D eigenvalue weighted by atomic mass is 32.2. The standard InChI is InChI=1S/C20H22F4N2O3S/c21-16-6-2-4-14(12-16)13-3-1-5-15(11-13)17(20(22,23)24)7-9-30(26,29)10-8-18(25)19(27)28/h1-6,11-12,17-18,26H,7-10,25H2,(H,27,28)/t17?,18-,30?/m0/s1. The quantitative estimate of drug-likeness (QED) is 0.497. The van der Waals surface area contributed by atoms with Crippen molar-refractivity contribution >= 4 is 15.7 Å². The number of rotatable bonds is 9. The van der Waals surface area contributed by atoms with Crippen LogP contribution >= 0.6 is 0 Å². The minimum absolute atomic E-state index is 0.0818. The van der Waals surface area contributed by atoms with Crippen molar-refractivity contribution in [2.75, 3.05) is 11.5 Å². The molecule has 0 amide bonds. The molecule has 0 radical (unpaired) electrons. The zero-order chi connectivity index (χ0) is 22.5. The van der Waals surface area contributed by atoms with Gasteiger partial charge in [-0.3, -0.25) is 9.57 Å². The van der Waals surface area contributed by atoms with E-state index in [2.05, 4.69) is 0 Å². The summed E-state index contributed by atoms with van der Waals surface area (Å²) >= 11 is 0. The fraction of sp³-hybridized carbons (Fsp3) is 0.350. The second-order valence-corrected chi connectivity index (χ2v) is 9.41. The van der Waals surface area contributed by atoms with E-state index in [9.17, 15) is 26.6 Å². The lowest BCUT2D eigenvalue weighted by Gasteiger charge is -2.22. The molecule has 164 valence electrons. The van der Waals surface area contributed by atoms with Crippen LogP contribution in [0.3, 0.4) is 0 Å². The smallest absolute Gasteiger partial charge is 0.395 e. The summed E-state index contributed by atoms with van der Waals surface area (Å²) < 4.78 is 74.6. The topological polar surface area (TPSA) is 104 Å². The zero-order valence-electron chi connectivity index (χ0n) is 15.9. The summed E-state index contributed by atoms with van der Waals surface area (Å²) in [5, 5.41) is 8.74. The fourth-order valence-corrected chi connectivity index (χ4v) is 4.43. The van der Waals surface area contributed by atoms with Crippen molar-refractivity contribution in [3.8, 4) is 11.1 Å². The lowest BCUT2D eigenvalue weighted by molar-refractivity contribution is -0.150. The first-order valence-corrected chi connectivity index (χ1v) is 10.9. The number of carbonyl (C=O) groups is 1. The highest BCUT2D eigenvalue weighted by Crippen LogP contribution is 2.39. The zero-order valence-corrected chi connectivity index (χ0v) is 16.7. The van der Waals surface area contributed by atoms with Gasteiger partial charge in [-0.1, -0.05) is 36.4 Å². The maximum absolute atomic E-state index is 13.7. The van der Waals surface area contributed by atoms with Gasteiger partial charge in [-0.25, -0.2) is 8.60 Å². The van der Waals surface area contributed by atoms with Gasteiger partial charge in [0.2, 0.25) is 0 Å². The molecule has 0 heterocycles. The van der Waals surface area contributed by atoms with E-state index in [-0.39, 0.29) is 12.0 Å². The monoisotopic (exact) mass is 446 g/mol. The summed E-state index contributed by atoms with van der Waals surface area (Å²) in [6, 6.07) is 9.73. The van der Waals surface area contributed by atoms with Gasteiger partial charge in [-0.15, -0.1) is 0 Å². The van der Waals surface area contributed by atoms with Crippen LogP contribution < -0.4 is 5.73 Å². The summed E-state index contributed by atoms with van der Waals surface area (Å²) in [5.41, 5.74) is 6.05. The molecular weight excluding hydrogens is 424 g/mol. The second kappa shape index (κ2) is 9.57. The van der Waals surface area contributed by atoms with Crippen LogP contribution in [-0.2, 0) is 14.5 Å². The predicted molar refractivity (Wildman–Crippen MR) is 106 cm³/mol. The number of hydrogen-bond acceptors (Lipinski definition) is 4. The molecule has 30 heavy (non-hydrogen) atoms. The minimum atomic E-state index is -4.65. The number of carboxylic acid groups (broad SMARTS) is 1. The fourth-order valence-electron chi connectivity index (χ4n) is 2.97. The summed E-state index contributed by atoms with van der Waals surface area (Å²) in [7, 11) is -3.43. The second-order valence-electron chi connectivity index (χ2n) is 6.97. The SMILES string of the molecule is N=S(=O)(CCC(c1cccc(-c2cccc(F)c2)c1)C(F)(F)F)CC[C@H](N)C(=O)O. The van der Waals surface area contributed by atoms with Gasteiger partial charge in [-0.2, -0.15) is 13.2 Å². The molecule has 0 saturated carbocycles. The Labute approximate surface area is 171 Å². The molecule has 0 aliphatic rings. The molecule has 0 spiro atoms. The number of halogens is 4. The predicted octanol–water partition coefficient (Wildman–Crippen LogP) is 4.38. The molecule has 0 bridgehead atoms. The van der Waals surface area contributed by atoms with E-state index in [4.69, 9.17) is 15.6 Å². The molecule has 10 heteroatoms. The summed E-state index contributed by atoms with van der Waals surface area (Å²) in [6.07, 6.45) is -5.50. The summed E-state index contributed by atoms with van der Waals surface area (Å²) in [5.74, 6) is -4.75. The van der Waals surface area contributed by atoms with Crippen LogP contribution in [0, 0.1) is 10.6 Å². The molecule has 0 aliphatic heterocycles. The van der Waals surface area contributed by atoms with Gasteiger partial charge in [0.25, 0.3) is 0 Å². The Morgan fingerprint density at radius 3 is 2.20 bits per heavy atom. The molecule has 4 N–H and O–H groups in total. The Morgan fingerprint density at radius 2 is 1.63 bits per heavy atom. The van der Waals surface area contributed by atoms with Crippen LogP contribution in [0.5, 0.6) is 0 Å². The Kier molecular flexibility index (Phi) is 7.59. The third-order valence-electron chi connectivity index (χ3n) is 4.65. The van der Waals surface area contributed by atoms with Gasteiger partial charge in [-0.05, 0) is 41.7 Å². The largest absolute Gasteiger partial charge is 0.480 e. The first-order valence-electron chi connectivity index (χ1n) is 9.04. The van der Waals surface area contributed by atoms with Gasteiger partial charge < -0.3 is 10.8 Å². The molecule has 0 aliphatic carbocycles. The molecule has 3 atom stereocenters. The van der Waals surface area contributed by atoms with Gasteiger partial charge in [0.15, 0.2) is 0 Å². The van der Waals surface area contributed by atoms with Crippen molar-refractivity contribution in [3.05, 3.63) is 59.9 Å². The van der Waals surface area contributed by atoms with E-state index in [1.807, 2.05) is 0 Å². The summed E-state index contributed by atoms with van der Waals surface area (Å²) in [6.45, 7) is 0. The Balaban J connectivity index is 2.21. The van der Waals surface area contributed by atoms with E-state index in [0.717, 1.165) is 0 Å². The van der Waals surface area contributed by atoms with E-state index in [0.29, 0.717) is 11.1 Å². The Hall–Kier alpha value is -2.46. The number of benzene rings is 2. The van der Waals surface area contributed by atoms with Gasteiger partial charge >= 0.3 is 12.1 Å². The Morgan fingerprint density at radius 1 is 1.07 bits per heavy atom. The van der Waals surface area contributed by atoms with E-state index in [1.54, 1.807) is 12.1 Å². The number of alkyl halides is 3. The normalized spacial score (nSPS) is 15.9. The number of carboxylic acids is 1. The molecule has 2 unspecified atom stereocenters. The maximum atomic E-state index is 13.7. The molecule has 2 rings (SSSR count). The van der Waals surface area contributed by atoms with Crippen LogP contribution in [0.15, 0.2) is 48.5 Å². The van der Waals surface area contributed by atoms with Crippen LogP contribution in [0.2, 0.25) is 0 Å². The van der Waals surface area contributed by atoms with Crippen molar-refractivity contribution in [2.45, 2.75) is 31.0 Å². The minimum Gasteiger partial charge on any atom is -0.480 e. The molecule has 0 fully saturated rings. The van der Waals surface area contributed by atoms with E-state index in [1.165, 1.54) is 36.4 Å². The number of hydrogen-bond donors (Lipinski definition) is 3. The number of nitrogens with two attached hydrogens (primary N) is 1. The maximum Gasteiger partial charge on any atom is 0.395 e. The molecule has 2 aromatic rings. The Bertz CT molecular complexity index is 994. The van der Waals surface area contributed by atoms with Crippen molar-refractivity contribution in [2.24, 2.45) is 5.73 Å². The highest BCUT2D eigenvalue weighted by molar-refractivity contribution is 7.92. The molecular formula is C20H22F4N2O3S. The molecule has 0 aromatic heterocycles. The van der Waals surface area contributed by atoms with Crippen LogP contribution in [0.4, 0.5) is 17.6 Å². The van der Waals surface area contributed by atoms with Crippen molar-refractivity contribution < 1.29 is 31.7 Å². The average Bonchev–Trinajstić information content (AvgIpc) is 2.65. The van der Waals surface area contributed by atoms with Gasteiger partial charge in [0, 0.05) is 21.2 Å².